The normalized spacial score (nSPS) is 17.9. The minimum atomic E-state index is -0.669. The zero-order valence-electron chi connectivity index (χ0n) is 14.6. The molecular weight excluding hydrogens is 320 g/mol. The van der Waals surface area contributed by atoms with Crippen molar-refractivity contribution < 1.29 is 4.79 Å². The Morgan fingerprint density at radius 3 is 2.48 bits per heavy atom. The Bertz CT molecular complexity index is 807. The first-order valence-corrected chi connectivity index (χ1v) is 9.12. The molecule has 7 nitrogen and oxygen atoms in total. The number of hydrogen-bond donors (Lipinski definition) is 0. The van der Waals surface area contributed by atoms with Gasteiger partial charge in [-0.05, 0) is 32.6 Å². The smallest absolute Gasteiger partial charge is 0.331 e. The third kappa shape index (κ3) is 3.53. The minimum absolute atomic E-state index is 0.0437. The SMILES string of the molecule is CCN(C(=O)Cn1c(=O)c(C#N)cn(C2CC2)c1=O)C1CCCCC1. The first-order chi connectivity index (χ1) is 12.1. The van der Waals surface area contributed by atoms with Crippen molar-refractivity contribution >= 4 is 5.91 Å². The number of nitriles is 1. The van der Waals surface area contributed by atoms with Crippen molar-refractivity contribution in [3.05, 3.63) is 32.6 Å². The predicted molar refractivity (Wildman–Crippen MR) is 92.2 cm³/mol. The quantitative estimate of drug-likeness (QED) is 0.807. The summed E-state index contributed by atoms with van der Waals surface area (Å²) in [7, 11) is 0. The molecule has 2 aliphatic rings. The van der Waals surface area contributed by atoms with Gasteiger partial charge in [0, 0.05) is 24.8 Å². The number of carbonyl (C=O) groups excluding carboxylic acids is 1. The van der Waals surface area contributed by atoms with Gasteiger partial charge in [0.15, 0.2) is 0 Å². The maximum atomic E-state index is 12.8. The van der Waals surface area contributed by atoms with Gasteiger partial charge in [0.05, 0.1) is 0 Å². The number of amides is 1. The Balaban J connectivity index is 1.89. The van der Waals surface area contributed by atoms with Crippen LogP contribution in [0, 0.1) is 11.3 Å². The molecule has 1 aromatic rings. The summed E-state index contributed by atoms with van der Waals surface area (Å²) in [6.45, 7) is 2.20. The number of likely N-dealkylation sites (N-methyl/N-ethyl adjacent to an activating group) is 1. The van der Waals surface area contributed by atoms with Crippen LogP contribution >= 0.6 is 0 Å². The number of rotatable bonds is 5. The van der Waals surface area contributed by atoms with Crippen LogP contribution in [0.3, 0.4) is 0 Å². The molecule has 2 saturated carbocycles. The summed E-state index contributed by atoms with van der Waals surface area (Å²) >= 11 is 0. The summed E-state index contributed by atoms with van der Waals surface area (Å²) in [5.74, 6) is -0.217. The van der Waals surface area contributed by atoms with Crippen LogP contribution in [0.25, 0.3) is 0 Å². The highest BCUT2D eigenvalue weighted by Crippen LogP contribution is 2.33. The highest BCUT2D eigenvalue weighted by Gasteiger charge is 2.29. The molecule has 7 heteroatoms. The van der Waals surface area contributed by atoms with Gasteiger partial charge in [-0.1, -0.05) is 19.3 Å². The molecule has 2 aliphatic carbocycles. The molecule has 0 aromatic carbocycles. The average Bonchev–Trinajstić information content (AvgIpc) is 3.45. The summed E-state index contributed by atoms with van der Waals surface area (Å²) in [5, 5.41) is 9.18. The van der Waals surface area contributed by atoms with Crippen LogP contribution < -0.4 is 11.2 Å². The number of hydrogen-bond acceptors (Lipinski definition) is 4. The molecular formula is C18H24N4O3. The standard InChI is InChI=1S/C18H24N4O3/c1-2-20(14-6-4-3-5-7-14)16(23)12-22-17(24)13(10-19)11-21(18(22)25)15-8-9-15/h11,14-15H,2-9,12H2,1H3. The van der Waals surface area contributed by atoms with Crippen molar-refractivity contribution in [1.29, 1.82) is 5.26 Å². The lowest BCUT2D eigenvalue weighted by molar-refractivity contribution is -0.134. The third-order valence-electron chi connectivity index (χ3n) is 5.23. The Hall–Kier alpha value is -2.36. The molecule has 1 aromatic heterocycles. The fourth-order valence-corrected chi connectivity index (χ4v) is 3.71. The van der Waals surface area contributed by atoms with Crippen LogP contribution in [0.15, 0.2) is 15.8 Å². The van der Waals surface area contributed by atoms with E-state index < -0.39 is 11.2 Å². The highest BCUT2D eigenvalue weighted by molar-refractivity contribution is 5.76. The fourth-order valence-electron chi connectivity index (χ4n) is 3.71. The van der Waals surface area contributed by atoms with Crippen molar-refractivity contribution in [2.75, 3.05) is 6.54 Å². The summed E-state index contributed by atoms with van der Waals surface area (Å²) in [4.78, 5) is 39.6. The van der Waals surface area contributed by atoms with Crippen molar-refractivity contribution in [2.45, 2.75) is 70.5 Å². The van der Waals surface area contributed by atoms with E-state index >= 15 is 0 Å². The predicted octanol–water partition coefficient (Wildman–Crippen LogP) is 1.40. The molecule has 0 spiro atoms. The third-order valence-corrected chi connectivity index (χ3v) is 5.23. The molecule has 0 aliphatic heterocycles. The summed E-state index contributed by atoms with van der Waals surface area (Å²) in [6.07, 6.45) is 8.40. The van der Waals surface area contributed by atoms with Gasteiger partial charge in [-0.2, -0.15) is 5.26 Å². The summed E-state index contributed by atoms with van der Waals surface area (Å²) < 4.78 is 2.37. The second-order valence-corrected chi connectivity index (χ2v) is 6.94. The van der Waals surface area contributed by atoms with Gasteiger partial charge in [-0.25, -0.2) is 9.36 Å². The molecule has 0 unspecified atom stereocenters. The monoisotopic (exact) mass is 344 g/mol. The Kier molecular flexibility index (Phi) is 5.07. The van der Waals surface area contributed by atoms with Gasteiger partial charge in [0.2, 0.25) is 5.91 Å². The highest BCUT2D eigenvalue weighted by atomic mass is 16.2. The van der Waals surface area contributed by atoms with E-state index in [1.165, 1.54) is 17.2 Å². The number of nitrogens with zero attached hydrogens (tertiary/aromatic N) is 4. The Labute approximate surface area is 146 Å². The van der Waals surface area contributed by atoms with Crippen LogP contribution in [0.4, 0.5) is 0 Å². The molecule has 0 bridgehead atoms. The second kappa shape index (κ2) is 7.26. The van der Waals surface area contributed by atoms with E-state index in [-0.39, 0.29) is 30.1 Å². The van der Waals surface area contributed by atoms with Crippen molar-refractivity contribution in [2.24, 2.45) is 0 Å². The first kappa shape index (κ1) is 17.5. The second-order valence-electron chi connectivity index (χ2n) is 6.94. The topological polar surface area (TPSA) is 88.1 Å². The lowest BCUT2D eigenvalue weighted by Gasteiger charge is -2.33. The van der Waals surface area contributed by atoms with E-state index in [4.69, 9.17) is 0 Å². The molecule has 0 saturated heterocycles. The molecule has 0 atom stereocenters. The molecule has 3 rings (SSSR count). The van der Waals surface area contributed by atoms with Crippen LogP contribution in [0.1, 0.15) is 63.5 Å². The van der Waals surface area contributed by atoms with Crippen molar-refractivity contribution in [3.8, 4) is 6.07 Å². The van der Waals surface area contributed by atoms with Gasteiger partial charge in [0.25, 0.3) is 5.56 Å². The lowest BCUT2D eigenvalue weighted by Crippen LogP contribution is -2.48. The maximum absolute atomic E-state index is 12.8. The van der Waals surface area contributed by atoms with E-state index in [9.17, 15) is 19.6 Å². The maximum Gasteiger partial charge on any atom is 0.331 e. The Morgan fingerprint density at radius 1 is 1.24 bits per heavy atom. The van der Waals surface area contributed by atoms with Crippen LogP contribution in [0.2, 0.25) is 0 Å². The number of aromatic nitrogens is 2. The Morgan fingerprint density at radius 2 is 1.92 bits per heavy atom. The molecule has 1 amide bonds. The molecule has 134 valence electrons. The molecule has 25 heavy (non-hydrogen) atoms. The van der Waals surface area contributed by atoms with Crippen molar-refractivity contribution in [1.82, 2.24) is 14.0 Å². The van der Waals surface area contributed by atoms with Gasteiger partial charge in [-0.3, -0.25) is 14.2 Å². The lowest BCUT2D eigenvalue weighted by atomic mass is 9.94. The number of carbonyl (C=O) groups is 1. The van der Waals surface area contributed by atoms with E-state index in [1.807, 2.05) is 13.0 Å². The summed E-state index contributed by atoms with van der Waals surface area (Å²) in [6, 6.07) is 2.08. The van der Waals surface area contributed by atoms with E-state index in [1.54, 1.807) is 4.90 Å². The van der Waals surface area contributed by atoms with Gasteiger partial charge >= 0.3 is 5.69 Å². The molecule has 2 fully saturated rings. The van der Waals surface area contributed by atoms with Crippen molar-refractivity contribution in [3.63, 3.8) is 0 Å². The van der Waals surface area contributed by atoms with Gasteiger partial charge in [0.1, 0.15) is 18.2 Å². The summed E-state index contributed by atoms with van der Waals surface area (Å²) in [5.41, 5.74) is -1.24. The van der Waals surface area contributed by atoms with E-state index in [0.717, 1.165) is 43.1 Å². The molecule has 0 radical (unpaired) electrons. The molecule has 0 N–H and O–H groups in total. The van der Waals surface area contributed by atoms with Gasteiger partial charge < -0.3 is 4.90 Å². The molecule has 1 heterocycles. The fraction of sp³-hybridized carbons (Fsp3) is 0.667. The van der Waals surface area contributed by atoms with Gasteiger partial charge in [-0.15, -0.1) is 0 Å². The van der Waals surface area contributed by atoms with E-state index in [2.05, 4.69) is 0 Å². The minimum Gasteiger partial charge on any atom is -0.338 e. The zero-order chi connectivity index (χ0) is 18.0. The largest absolute Gasteiger partial charge is 0.338 e. The average molecular weight is 344 g/mol. The van der Waals surface area contributed by atoms with Crippen LogP contribution in [0.5, 0.6) is 0 Å². The van der Waals surface area contributed by atoms with E-state index in [0.29, 0.717) is 6.54 Å². The van der Waals surface area contributed by atoms with Crippen LogP contribution in [-0.2, 0) is 11.3 Å². The zero-order valence-corrected chi connectivity index (χ0v) is 14.6. The van der Waals surface area contributed by atoms with Crippen LogP contribution in [-0.4, -0.2) is 32.5 Å². The first-order valence-electron chi connectivity index (χ1n) is 9.12.